The number of anilines is 2. The third-order valence-electron chi connectivity index (χ3n) is 5.72. The molecule has 0 amide bonds. The van der Waals surface area contributed by atoms with Gasteiger partial charge >= 0.3 is 0 Å². The summed E-state index contributed by atoms with van der Waals surface area (Å²) in [5, 5.41) is 11.7. The van der Waals surface area contributed by atoms with E-state index in [0.717, 1.165) is 49.7 Å². The highest BCUT2D eigenvalue weighted by molar-refractivity contribution is 6.02. The molecule has 1 aromatic heterocycles. The van der Waals surface area contributed by atoms with Gasteiger partial charge in [-0.3, -0.25) is 0 Å². The average Bonchev–Trinajstić information content (AvgIpc) is 3.14. The minimum atomic E-state index is 0.709. The number of hydrogen-bond acceptors (Lipinski definition) is 5. The Hall–Kier alpha value is -1.62. The fourth-order valence-electron chi connectivity index (χ4n) is 4.16. The van der Waals surface area contributed by atoms with Crippen molar-refractivity contribution in [3.63, 3.8) is 0 Å². The Morgan fingerprint density at radius 1 is 1.00 bits per heavy atom. The quantitative estimate of drug-likeness (QED) is 0.720. The standard InChI is InChI=1S/C21H35N5/c1-23-21-18(19(22)10-9-15-25-13-7-8-14-25)11-12-20(24-21)26-16-5-3-2-4-6-17-26/h11-12,22H,2-10,13-17H2,1H3,(H,23,24). The van der Waals surface area contributed by atoms with Crippen LogP contribution in [0.5, 0.6) is 0 Å². The highest BCUT2D eigenvalue weighted by Crippen LogP contribution is 2.23. The highest BCUT2D eigenvalue weighted by atomic mass is 15.2. The second kappa shape index (κ2) is 9.91. The summed E-state index contributed by atoms with van der Waals surface area (Å²) in [7, 11) is 1.92. The monoisotopic (exact) mass is 357 g/mol. The van der Waals surface area contributed by atoms with Crippen molar-refractivity contribution in [1.82, 2.24) is 9.88 Å². The lowest BCUT2D eigenvalue weighted by atomic mass is 10.1. The smallest absolute Gasteiger partial charge is 0.137 e. The zero-order valence-corrected chi connectivity index (χ0v) is 16.4. The minimum absolute atomic E-state index is 0.709. The Morgan fingerprint density at radius 3 is 2.35 bits per heavy atom. The summed E-state index contributed by atoms with van der Waals surface area (Å²) in [5.41, 5.74) is 1.67. The van der Waals surface area contributed by atoms with Crippen LogP contribution in [0.1, 0.15) is 63.4 Å². The lowest BCUT2D eigenvalue weighted by Crippen LogP contribution is -2.28. The lowest BCUT2D eigenvalue weighted by molar-refractivity contribution is 0.336. The maximum atomic E-state index is 8.51. The van der Waals surface area contributed by atoms with E-state index >= 15 is 0 Å². The van der Waals surface area contributed by atoms with Crippen molar-refractivity contribution in [1.29, 1.82) is 5.41 Å². The van der Waals surface area contributed by atoms with Crippen molar-refractivity contribution in [3.8, 4) is 0 Å². The molecule has 26 heavy (non-hydrogen) atoms. The molecule has 2 fully saturated rings. The van der Waals surface area contributed by atoms with Gasteiger partial charge in [-0.15, -0.1) is 0 Å². The van der Waals surface area contributed by atoms with E-state index in [1.54, 1.807) is 0 Å². The summed E-state index contributed by atoms with van der Waals surface area (Å²) in [6, 6.07) is 4.22. The molecule has 5 nitrogen and oxygen atoms in total. The second-order valence-corrected chi connectivity index (χ2v) is 7.70. The predicted molar refractivity (Wildman–Crippen MR) is 111 cm³/mol. The molecule has 0 saturated carbocycles. The Balaban J connectivity index is 1.60. The number of pyridine rings is 1. The van der Waals surface area contributed by atoms with Crippen molar-refractivity contribution in [3.05, 3.63) is 17.7 Å². The van der Waals surface area contributed by atoms with Gasteiger partial charge in [0.25, 0.3) is 0 Å². The van der Waals surface area contributed by atoms with Crippen molar-refractivity contribution >= 4 is 17.3 Å². The molecule has 3 rings (SSSR count). The van der Waals surface area contributed by atoms with Gasteiger partial charge in [0.2, 0.25) is 0 Å². The van der Waals surface area contributed by atoms with Gasteiger partial charge in [-0.1, -0.05) is 19.3 Å². The fourth-order valence-corrected chi connectivity index (χ4v) is 4.16. The summed E-state index contributed by atoms with van der Waals surface area (Å²) >= 11 is 0. The van der Waals surface area contributed by atoms with E-state index < -0.39 is 0 Å². The molecule has 0 atom stereocenters. The van der Waals surface area contributed by atoms with Crippen LogP contribution in [0.25, 0.3) is 0 Å². The Morgan fingerprint density at radius 2 is 1.65 bits per heavy atom. The molecule has 2 N–H and O–H groups in total. The Kier molecular flexibility index (Phi) is 7.30. The van der Waals surface area contributed by atoms with Crippen LogP contribution in [-0.2, 0) is 0 Å². The molecule has 0 spiro atoms. The zero-order valence-electron chi connectivity index (χ0n) is 16.4. The zero-order chi connectivity index (χ0) is 18.2. The fraction of sp³-hybridized carbons (Fsp3) is 0.714. The van der Waals surface area contributed by atoms with Gasteiger partial charge in [0.15, 0.2) is 0 Å². The molecular formula is C21H35N5. The van der Waals surface area contributed by atoms with Crippen LogP contribution in [0.3, 0.4) is 0 Å². The molecule has 0 aliphatic carbocycles. The van der Waals surface area contributed by atoms with Gasteiger partial charge in [0, 0.05) is 31.4 Å². The van der Waals surface area contributed by atoms with Crippen LogP contribution >= 0.6 is 0 Å². The molecule has 5 heteroatoms. The van der Waals surface area contributed by atoms with Crippen LogP contribution in [0.4, 0.5) is 11.6 Å². The summed E-state index contributed by atoms with van der Waals surface area (Å²) in [4.78, 5) is 9.80. The molecule has 0 aromatic carbocycles. The summed E-state index contributed by atoms with van der Waals surface area (Å²) in [6.07, 6.45) is 11.1. The summed E-state index contributed by atoms with van der Waals surface area (Å²) < 4.78 is 0. The molecule has 3 heterocycles. The van der Waals surface area contributed by atoms with Gasteiger partial charge in [0.1, 0.15) is 11.6 Å². The van der Waals surface area contributed by atoms with E-state index in [4.69, 9.17) is 10.4 Å². The van der Waals surface area contributed by atoms with Crippen molar-refractivity contribution in [2.24, 2.45) is 0 Å². The van der Waals surface area contributed by atoms with Gasteiger partial charge in [0.05, 0.1) is 0 Å². The van der Waals surface area contributed by atoms with E-state index in [-0.39, 0.29) is 0 Å². The molecule has 0 radical (unpaired) electrons. The van der Waals surface area contributed by atoms with Gasteiger partial charge in [-0.05, 0) is 70.3 Å². The van der Waals surface area contributed by atoms with Crippen molar-refractivity contribution in [2.45, 2.75) is 57.8 Å². The first-order chi connectivity index (χ1) is 12.8. The summed E-state index contributed by atoms with van der Waals surface area (Å²) in [6.45, 7) is 5.80. The van der Waals surface area contributed by atoms with E-state index in [2.05, 4.69) is 27.2 Å². The van der Waals surface area contributed by atoms with Gasteiger partial charge in [-0.25, -0.2) is 4.98 Å². The van der Waals surface area contributed by atoms with Crippen LogP contribution < -0.4 is 10.2 Å². The van der Waals surface area contributed by atoms with Crippen molar-refractivity contribution in [2.75, 3.05) is 50.0 Å². The molecule has 144 valence electrons. The Bertz CT molecular complexity index is 572. The van der Waals surface area contributed by atoms with E-state index in [0.29, 0.717) is 5.71 Å². The lowest BCUT2D eigenvalue weighted by Gasteiger charge is -2.26. The van der Waals surface area contributed by atoms with Crippen molar-refractivity contribution < 1.29 is 0 Å². The number of nitrogens with zero attached hydrogens (tertiary/aromatic N) is 3. The topological polar surface area (TPSA) is 55.3 Å². The molecular weight excluding hydrogens is 322 g/mol. The predicted octanol–water partition coefficient (Wildman–Crippen LogP) is 4.14. The first-order valence-corrected chi connectivity index (χ1v) is 10.5. The van der Waals surface area contributed by atoms with Crippen LogP contribution in [-0.4, -0.2) is 55.4 Å². The van der Waals surface area contributed by atoms with Crippen LogP contribution in [0.15, 0.2) is 12.1 Å². The maximum Gasteiger partial charge on any atom is 0.137 e. The van der Waals surface area contributed by atoms with Gasteiger partial charge in [-0.2, -0.15) is 0 Å². The average molecular weight is 358 g/mol. The molecule has 2 aliphatic heterocycles. The molecule has 1 aromatic rings. The summed E-state index contributed by atoms with van der Waals surface area (Å²) in [5.74, 6) is 1.92. The largest absolute Gasteiger partial charge is 0.373 e. The third-order valence-corrected chi connectivity index (χ3v) is 5.72. The Labute approximate surface area is 158 Å². The SMILES string of the molecule is CNc1nc(N2CCCCCCC2)ccc1C(=N)CCCN1CCCC1. The first-order valence-electron chi connectivity index (χ1n) is 10.5. The van der Waals surface area contributed by atoms with Crippen LogP contribution in [0, 0.1) is 5.41 Å². The number of aromatic nitrogens is 1. The molecule has 0 bridgehead atoms. The molecule has 2 aliphatic rings. The van der Waals surface area contributed by atoms with Crippen LogP contribution in [0.2, 0.25) is 0 Å². The normalized spacial score (nSPS) is 19.2. The first kappa shape index (κ1) is 19.2. The number of hydrogen-bond donors (Lipinski definition) is 2. The number of rotatable bonds is 7. The van der Waals surface area contributed by atoms with E-state index in [1.165, 1.54) is 58.0 Å². The van der Waals surface area contributed by atoms with Gasteiger partial charge < -0.3 is 20.5 Å². The number of nitrogens with one attached hydrogen (secondary N) is 2. The second-order valence-electron chi connectivity index (χ2n) is 7.70. The highest BCUT2D eigenvalue weighted by Gasteiger charge is 2.16. The molecule has 0 unspecified atom stereocenters. The minimum Gasteiger partial charge on any atom is -0.373 e. The van der Waals surface area contributed by atoms with E-state index in [1.807, 2.05) is 7.05 Å². The maximum absolute atomic E-state index is 8.51. The number of likely N-dealkylation sites (tertiary alicyclic amines) is 1. The van der Waals surface area contributed by atoms with E-state index in [9.17, 15) is 0 Å². The molecule has 2 saturated heterocycles. The third kappa shape index (κ3) is 5.19.